The van der Waals surface area contributed by atoms with Gasteiger partial charge in [0.2, 0.25) is 5.91 Å². The van der Waals surface area contributed by atoms with Gasteiger partial charge in [0.25, 0.3) is 0 Å². The summed E-state index contributed by atoms with van der Waals surface area (Å²) in [5.74, 6) is 0.268. The Morgan fingerprint density at radius 2 is 1.78 bits per heavy atom. The van der Waals surface area contributed by atoms with Crippen LogP contribution < -0.4 is 4.90 Å². The molecule has 0 unspecified atom stereocenters. The van der Waals surface area contributed by atoms with Gasteiger partial charge >= 0.3 is 0 Å². The molecular formula is C16H23NO. The number of hydrogen-bond donors (Lipinski definition) is 0. The van der Waals surface area contributed by atoms with E-state index in [1.54, 1.807) is 0 Å². The van der Waals surface area contributed by atoms with E-state index in [9.17, 15) is 4.79 Å². The first kappa shape index (κ1) is 13.1. The number of amides is 1. The molecule has 0 aliphatic carbocycles. The molecule has 0 aromatic heterocycles. The molecule has 2 rings (SSSR count). The molecular weight excluding hydrogens is 222 g/mol. The summed E-state index contributed by atoms with van der Waals surface area (Å²) in [6.45, 7) is 3.13. The summed E-state index contributed by atoms with van der Waals surface area (Å²) in [7, 11) is 0. The van der Waals surface area contributed by atoms with E-state index >= 15 is 0 Å². The van der Waals surface area contributed by atoms with Gasteiger partial charge in [0.1, 0.15) is 0 Å². The summed E-state index contributed by atoms with van der Waals surface area (Å²) in [5, 5.41) is 0. The van der Waals surface area contributed by atoms with Gasteiger partial charge in [0, 0.05) is 12.2 Å². The van der Waals surface area contributed by atoms with Gasteiger partial charge in [-0.25, -0.2) is 0 Å². The molecule has 1 aliphatic rings. The van der Waals surface area contributed by atoms with E-state index in [2.05, 4.69) is 19.1 Å². The van der Waals surface area contributed by atoms with Crippen molar-refractivity contribution in [3.63, 3.8) is 0 Å². The van der Waals surface area contributed by atoms with Gasteiger partial charge in [0.15, 0.2) is 0 Å². The van der Waals surface area contributed by atoms with Crippen LogP contribution in [0.5, 0.6) is 0 Å². The van der Waals surface area contributed by atoms with Crippen LogP contribution in [0, 0.1) is 0 Å². The van der Waals surface area contributed by atoms with Crippen LogP contribution in [-0.4, -0.2) is 12.5 Å². The Bertz CT molecular complexity index is 400. The Morgan fingerprint density at radius 1 is 1.06 bits per heavy atom. The van der Waals surface area contributed by atoms with Crippen LogP contribution in [0.1, 0.15) is 51.0 Å². The van der Waals surface area contributed by atoms with Crippen LogP contribution in [-0.2, 0) is 11.2 Å². The summed E-state index contributed by atoms with van der Waals surface area (Å²) in [6.07, 6.45) is 8.23. The van der Waals surface area contributed by atoms with Gasteiger partial charge in [0.05, 0.1) is 6.42 Å². The van der Waals surface area contributed by atoms with E-state index in [-0.39, 0.29) is 5.91 Å². The lowest BCUT2D eigenvalue weighted by Crippen LogP contribution is -2.27. The average molecular weight is 245 g/mol. The minimum Gasteiger partial charge on any atom is -0.312 e. The van der Waals surface area contributed by atoms with Gasteiger partial charge in [-0.1, -0.05) is 57.2 Å². The molecule has 18 heavy (non-hydrogen) atoms. The molecule has 0 fully saturated rings. The average Bonchev–Trinajstić information content (AvgIpc) is 2.70. The van der Waals surface area contributed by atoms with Crippen LogP contribution in [0.25, 0.3) is 0 Å². The highest BCUT2D eigenvalue weighted by Crippen LogP contribution is 2.28. The lowest BCUT2D eigenvalue weighted by atomic mass is 10.1. The number of anilines is 1. The summed E-state index contributed by atoms with van der Waals surface area (Å²) in [6, 6.07) is 8.16. The highest BCUT2D eigenvalue weighted by atomic mass is 16.2. The molecule has 0 N–H and O–H groups in total. The van der Waals surface area contributed by atoms with Gasteiger partial charge in [-0.05, 0) is 18.1 Å². The van der Waals surface area contributed by atoms with Crippen molar-refractivity contribution in [2.75, 3.05) is 11.4 Å². The Kier molecular flexibility index (Phi) is 4.80. The Labute approximate surface area is 110 Å². The van der Waals surface area contributed by atoms with Gasteiger partial charge in [-0.2, -0.15) is 0 Å². The second-order valence-electron chi connectivity index (χ2n) is 5.12. The second kappa shape index (κ2) is 6.58. The fraction of sp³-hybridized carbons (Fsp3) is 0.562. The van der Waals surface area contributed by atoms with Crippen molar-refractivity contribution in [3.05, 3.63) is 29.8 Å². The van der Waals surface area contributed by atoms with E-state index in [1.807, 2.05) is 17.0 Å². The molecule has 2 heteroatoms. The third kappa shape index (κ3) is 3.12. The van der Waals surface area contributed by atoms with Crippen molar-refractivity contribution in [1.29, 1.82) is 0 Å². The Morgan fingerprint density at radius 3 is 2.61 bits per heavy atom. The normalized spacial score (nSPS) is 14.1. The number of rotatable bonds is 7. The molecule has 1 aliphatic heterocycles. The SMILES string of the molecule is CCCCCCCCN1C(=O)Cc2ccccc21. The minimum absolute atomic E-state index is 0.268. The number of para-hydroxylation sites is 1. The van der Waals surface area contributed by atoms with Crippen molar-refractivity contribution in [2.45, 2.75) is 51.9 Å². The van der Waals surface area contributed by atoms with E-state index in [0.29, 0.717) is 6.42 Å². The number of nitrogens with zero attached hydrogens (tertiary/aromatic N) is 1. The molecule has 0 atom stereocenters. The second-order valence-corrected chi connectivity index (χ2v) is 5.12. The van der Waals surface area contributed by atoms with Crippen LogP contribution in [0.4, 0.5) is 5.69 Å². The molecule has 1 heterocycles. The fourth-order valence-corrected chi connectivity index (χ4v) is 2.61. The largest absolute Gasteiger partial charge is 0.312 e. The zero-order chi connectivity index (χ0) is 12.8. The number of carbonyl (C=O) groups excluding carboxylic acids is 1. The summed E-state index contributed by atoms with van der Waals surface area (Å²) < 4.78 is 0. The molecule has 0 saturated carbocycles. The third-order valence-corrected chi connectivity index (χ3v) is 3.66. The van der Waals surface area contributed by atoms with E-state index in [4.69, 9.17) is 0 Å². The number of fused-ring (bicyclic) bond motifs is 1. The first-order valence-corrected chi connectivity index (χ1v) is 7.21. The highest BCUT2D eigenvalue weighted by Gasteiger charge is 2.25. The number of unbranched alkanes of at least 4 members (excludes halogenated alkanes) is 5. The molecule has 1 aromatic carbocycles. The zero-order valence-electron chi connectivity index (χ0n) is 11.3. The summed E-state index contributed by atoms with van der Waals surface area (Å²) in [4.78, 5) is 13.9. The molecule has 0 spiro atoms. The van der Waals surface area contributed by atoms with Crippen LogP contribution >= 0.6 is 0 Å². The third-order valence-electron chi connectivity index (χ3n) is 3.66. The van der Waals surface area contributed by atoms with E-state index in [1.165, 1.54) is 37.7 Å². The molecule has 98 valence electrons. The smallest absolute Gasteiger partial charge is 0.231 e. The molecule has 0 bridgehead atoms. The van der Waals surface area contributed by atoms with Gasteiger partial charge in [-0.3, -0.25) is 4.79 Å². The quantitative estimate of drug-likeness (QED) is 0.666. The zero-order valence-corrected chi connectivity index (χ0v) is 11.3. The van der Waals surface area contributed by atoms with E-state index < -0.39 is 0 Å². The predicted octanol–water partition coefficient (Wildman–Crippen LogP) is 3.94. The van der Waals surface area contributed by atoms with Crippen molar-refractivity contribution < 1.29 is 4.79 Å². The number of carbonyl (C=O) groups is 1. The Balaban J connectivity index is 1.78. The molecule has 2 nitrogen and oxygen atoms in total. The standard InChI is InChI=1S/C16H23NO/c1-2-3-4-5-6-9-12-17-15-11-8-7-10-14(15)13-16(17)18/h7-8,10-11H,2-6,9,12-13H2,1H3. The maximum Gasteiger partial charge on any atom is 0.231 e. The molecule has 0 saturated heterocycles. The topological polar surface area (TPSA) is 20.3 Å². The minimum atomic E-state index is 0.268. The van der Waals surface area contributed by atoms with Crippen molar-refractivity contribution in [3.8, 4) is 0 Å². The number of hydrogen-bond acceptors (Lipinski definition) is 1. The van der Waals surface area contributed by atoms with Crippen molar-refractivity contribution >= 4 is 11.6 Å². The van der Waals surface area contributed by atoms with Gasteiger partial charge < -0.3 is 4.90 Å². The predicted molar refractivity (Wildman–Crippen MR) is 75.9 cm³/mol. The maximum absolute atomic E-state index is 11.9. The van der Waals surface area contributed by atoms with Crippen molar-refractivity contribution in [1.82, 2.24) is 0 Å². The molecule has 0 radical (unpaired) electrons. The summed E-state index contributed by atoms with van der Waals surface area (Å²) in [5.41, 5.74) is 2.32. The Hall–Kier alpha value is -1.31. The molecule has 1 aromatic rings. The molecule has 1 amide bonds. The monoisotopic (exact) mass is 245 g/mol. The summed E-state index contributed by atoms with van der Waals surface area (Å²) >= 11 is 0. The lowest BCUT2D eigenvalue weighted by Gasteiger charge is -2.17. The number of benzene rings is 1. The highest BCUT2D eigenvalue weighted by molar-refractivity contribution is 6.01. The first-order valence-electron chi connectivity index (χ1n) is 7.21. The lowest BCUT2D eigenvalue weighted by molar-refractivity contribution is -0.117. The van der Waals surface area contributed by atoms with Gasteiger partial charge in [-0.15, -0.1) is 0 Å². The van der Waals surface area contributed by atoms with Crippen LogP contribution in [0.3, 0.4) is 0 Å². The first-order chi connectivity index (χ1) is 8.83. The fourth-order valence-electron chi connectivity index (χ4n) is 2.61. The van der Waals surface area contributed by atoms with E-state index in [0.717, 1.165) is 18.7 Å². The van der Waals surface area contributed by atoms with Crippen LogP contribution in [0.2, 0.25) is 0 Å². The van der Waals surface area contributed by atoms with Crippen LogP contribution in [0.15, 0.2) is 24.3 Å². The van der Waals surface area contributed by atoms with Crippen molar-refractivity contribution in [2.24, 2.45) is 0 Å². The maximum atomic E-state index is 11.9.